The van der Waals surface area contributed by atoms with Gasteiger partial charge < -0.3 is 45.4 Å². The van der Waals surface area contributed by atoms with Gasteiger partial charge in [0.2, 0.25) is 15.5 Å². The van der Waals surface area contributed by atoms with Crippen LogP contribution >= 0.6 is 35.3 Å². The zero-order valence-corrected chi connectivity index (χ0v) is 71.4. The fraction of sp³-hybridized carbons (Fsp3) is 0.314. The van der Waals surface area contributed by atoms with Gasteiger partial charge in [0.25, 0.3) is 34.6 Å². The van der Waals surface area contributed by atoms with Crippen molar-refractivity contribution < 1.29 is 48.6 Å². The third-order valence-corrected chi connectivity index (χ3v) is 24.4. The number of nitrogens with one attached hydrogen (secondary N) is 3. The van der Waals surface area contributed by atoms with Crippen molar-refractivity contribution >= 4 is 120 Å². The minimum absolute atomic E-state index is 0.0249. The number of tetrazole rings is 3. The minimum Gasteiger partial charge on any atom is -0.506 e. The molecule has 5 heterocycles. The molecule has 120 heavy (non-hydrogen) atoms. The van der Waals surface area contributed by atoms with E-state index in [4.69, 9.17) is 14.6 Å². The molecule has 5 amide bonds. The predicted molar refractivity (Wildman–Crippen MR) is 463 cm³/mol. The third kappa shape index (κ3) is 19.8. The Morgan fingerprint density at radius 3 is 1.71 bits per heavy atom. The summed E-state index contributed by atoms with van der Waals surface area (Å²) >= 11 is 3.47. The number of likely N-dealkylation sites (tertiary alicyclic amines) is 1. The number of para-hydroxylation sites is 2. The predicted octanol–water partition coefficient (Wildman–Crippen LogP) is 16.5. The number of carbonyl (C=O) groups excluding carboxylic acids is 5. The normalized spacial score (nSPS) is 13.6. The largest absolute Gasteiger partial charge is 0.506 e. The first-order valence-electron chi connectivity index (χ1n) is 39.0. The molecule has 2 unspecified atom stereocenters. The van der Waals surface area contributed by atoms with Crippen molar-refractivity contribution in [3.63, 3.8) is 0 Å². The lowest BCUT2D eigenvalue weighted by atomic mass is 9.76. The van der Waals surface area contributed by atoms with Crippen LogP contribution in [0.4, 0.5) is 33.2 Å². The van der Waals surface area contributed by atoms with Crippen LogP contribution in [0.25, 0.3) is 21.5 Å². The third-order valence-electron chi connectivity index (χ3n) is 21.1. The zero-order valence-electron chi connectivity index (χ0n) is 69.0. The van der Waals surface area contributed by atoms with Crippen molar-refractivity contribution in [3.05, 3.63) is 219 Å². The van der Waals surface area contributed by atoms with Crippen molar-refractivity contribution in [2.45, 2.75) is 163 Å². The molecule has 1 saturated heterocycles. The maximum atomic E-state index is 13.7. The molecule has 622 valence electrons. The number of fused-ring (bicyclic) bond motifs is 2. The van der Waals surface area contributed by atoms with Gasteiger partial charge in [-0.1, -0.05) is 157 Å². The Morgan fingerprint density at radius 1 is 0.625 bits per heavy atom. The molecular weight excluding hydrogens is 1590 g/mol. The summed E-state index contributed by atoms with van der Waals surface area (Å²) in [5, 5.41) is 85.7. The van der Waals surface area contributed by atoms with E-state index in [0.717, 1.165) is 89.1 Å². The van der Waals surface area contributed by atoms with Gasteiger partial charge in [0.1, 0.15) is 34.6 Å². The summed E-state index contributed by atoms with van der Waals surface area (Å²) in [6, 6.07) is 49.5. The van der Waals surface area contributed by atoms with Crippen LogP contribution in [0.3, 0.4) is 0 Å². The maximum absolute atomic E-state index is 13.7. The van der Waals surface area contributed by atoms with Crippen molar-refractivity contribution in [2.75, 3.05) is 34.0 Å². The van der Waals surface area contributed by atoms with Crippen LogP contribution in [-0.2, 0) is 48.1 Å². The van der Waals surface area contributed by atoms with Crippen LogP contribution in [-0.4, -0.2) is 151 Å². The number of benzene rings is 9. The molecule has 12 aromatic rings. The molecule has 14 rings (SSSR count). The highest BCUT2D eigenvalue weighted by molar-refractivity contribution is 8.13. The highest BCUT2D eigenvalue weighted by Gasteiger charge is 2.42. The van der Waals surface area contributed by atoms with E-state index in [1.165, 1.54) is 67.9 Å². The zero-order chi connectivity index (χ0) is 85.9. The van der Waals surface area contributed by atoms with Gasteiger partial charge in [0.05, 0.1) is 28.3 Å². The highest BCUT2D eigenvalue weighted by atomic mass is 32.2. The second kappa shape index (κ2) is 37.8. The van der Waals surface area contributed by atoms with Gasteiger partial charge in [-0.2, -0.15) is 10.1 Å². The molecule has 2 atom stereocenters. The smallest absolute Gasteiger partial charge is 0.290 e. The molecule has 3 aromatic heterocycles. The van der Waals surface area contributed by atoms with Crippen LogP contribution in [0.15, 0.2) is 195 Å². The van der Waals surface area contributed by atoms with E-state index in [9.17, 15) is 44.3 Å². The average molecular weight is 1680 g/mol. The molecule has 0 bridgehead atoms. The first-order chi connectivity index (χ1) is 57.4. The number of carbonyl (C=O) groups is 5. The van der Waals surface area contributed by atoms with Crippen LogP contribution in [0, 0.1) is 24.0 Å². The number of aromatic nitrogens is 12. The van der Waals surface area contributed by atoms with Crippen LogP contribution in [0.1, 0.15) is 143 Å². The van der Waals surface area contributed by atoms with Crippen molar-refractivity contribution in [3.8, 4) is 28.7 Å². The van der Waals surface area contributed by atoms with Gasteiger partial charge in [-0.25, -0.2) is 14.0 Å². The number of phenolic OH excluding ortho intramolecular Hbond substituents is 2. The SMILES string of the molecule is CCC(Oc1ccc(C(C)(C)CC)cc1C(C)(C)CC)C(=O)Nc1ccc(N2N=C(N3CCCC3)C(Sc3nnnn3C)C2=O)cc1.Cc1ccccc1NC(=O)c1cc(Oc2ccc([N+](=O)[O-])cc2CN(C(=O)Sc2nnnn2C)C(C)C)c2ccccc2c1O.Cc1ccccc1NC(=O)c1cc(Sc2nnnn2C)c2ccccc2c1O. The number of amides is 5. The van der Waals surface area contributed by atoms with Gasteiger partial charge in [-0.05, 0) is 196 Å². The van der Waals surface area contributed by atoms with Crippen LogP contribution in [0.5, 0.6) is 28.7 Å². The lowest BCUT2D eigenvalue weighted by molar-refractivity contribution is -0.385. The van der Waals surface area contributed by atoms with E-state index in [-0.39, 0.29) is 91.3 Å². The number of aromatic hydroxyl groups is 2. The van der Waals surface area contributed by atoms with Gasteiger partial charge in [-0.3, -0.25) is 34.1 Å². The standard InChI is InChI=1S/C35H48N8O3S.C31H29N7O6S.C20H17N5O2S/c1-9-27(46-28-19-14-23(34(4,5)10-2)22-26(28)35(6,7)11-3)31(44)36-24-15-17-25(18-16-24)43-32(45)29(47-33-37-39-40-41(33)8)30(38-43)42-20-12-13-21-42;1-18(2)37(31(41)45-30-33-34-35-36(30)4)17-20-15-21(38(42)43)13-14-26(20)44-27-16-24(28(39)23-11-7-6-10-22(23)27)29(40)32-25-12-8-5-9-19(25)3;1-12-7-3-6-10-16(12)21-19(27)15-11-17(28-20-22-23-24-25(20)2)13-8-4-5-9-14(13)18(15)26/h14-19,22,27,29H,9-13,20-21H2,1-8H3,(H,36,44);5-16,18,39H,17H2,1-4H3,(H,32,40);3-11,26H,1-2H3,(H,21,27). The molecule has 0 spiro atoms. The number of hydrazone groups is 1. The van der Waals surface area contributed by atoms with Gasteiger partial charge in [0.15, 0.2) is 11.4 Å². The molecule has 9 aromatic carbocycles. The summed E-state index contributed by atoms with van der Waals surface area (Å²) < 4.78 is 17.3. The Morgan fingerprint density at radius 2 is 1.16 bits per heavy atom. The summed E-state index contributed by atoms with van der Waals surface area (Å²) in [5.41, 5.74) is 6.95. The number of phenols is 2. The van der Waals surface area contributed by atoms with E-state index >= 15 is 0 Å². The molecule has 0 radical (unpaired) electrons. The maximum Gasteiger partial charge on any atom is 0.290 e. The van der Waals surface area contributed by atoms with E-state index in [0.29, 0.717) is 61.2 Å². The Labute approximate surface area is 706 Å². The fourth-order valence-electron chi connectivity index (χ4n) is 13.2. The Kier molecular flexibility index (Phi) is 27.3. The number of aryl methyl sites for hydroxylation is 5. The Bertz CT molecular complexity index is 5830. The first-order valence-corrected chi connectivity index (χ1v) is 41.6. The van der Waals surface area contributed by atoms with E-state index in [1.807, 2.05) is 95.3 Å². The number of anilines is 4. The number of amidine groups is 1. The number of thioether (sulfide) groups is 2. The van der Waals surface area contributed by atoms with Crippen LogP contribution < -0.4 is 30.4 Å². The van der Waals surface area contributed by atoms with E-state index in [1.54, 1.807) is 103 Å². The van der Waals surface area contributed by atoms with Crippen molar-refractivity contribution in [2.24, 2.45) is 26.2 Å². The number of hydrogen-bond acceptors (Lipinski definition) is 25. The Hall–Kier alpha value is -12.8. The molecule has 2 aliphatic rings. The number of nitro groups is 1. The molecule has 5 N–H and O–H groups in total. The lowest BCUT2D eigenvalue weighted by Gasteiger charge is -2.31. The number of hydrogen-bond donors (Lipinski definition) is 5. The van der Waals surface area contributed by atoms with Crippen molar-refractivity contribution in [1.82, 2.24) is 70.4 Å². The number of nitro benzene ring substituents is 1. The number of non-ortho nitro benzene ring substituents is 1. The summed E-state index contributed by atoms with van der Waals surface area (Å²) in [6.07, 6.45) is 3.92. The molecule has 2 aliphatic heterocycles. The lowest BCUT2D eigenvalue weighted by Crippen LogP contribution is -2.37. The summed E-state index contributed by atoms with van der Waals surface area (Å²) in [6.45, 7) is 24.4. The second-order valence-corrected chi connectivity index (χ2v) is 33.3. The van der Waals surface area contributed by atoms with Crippen molar-refractivity contribution in [1.29, 1.82) is 0 Å². The molecule has 1 fully saturated rings. The van der Waals surface area contributed by atoms with Gasteiger partial charge >= 0.3 is 0 Å². The van der Waals surface area contributed by atoms with Gasteiger partial charge in [-0.15, -0.1) is 15.3 Å². The highest BCUT2D eigenvalue weighted by Crippen LogP contribution is 2.44. The number of nitrogens with zero attached hydrogens (tertiary/aromatic N) is 17. The molecular formula is C86H94N20O11S3. The van der Waals surface area contributed by atoms with E-state index < -0.39 is 22.2 Å². The molecule has 0 aliphatic carbocycles. The average Bonchev–Trinajstić information content (AvgIpc) is 0.927. The van der Waals surface area contributed by atoms with Gasteiger partial charge in [0, 0.05) is 113 Å². The first kappa shape index (κ1) is 86.5. The molecule has 31 nitrogen and oxygen atoms in total. The number of rotatable bonds is 25. The molecule has 0 saturated carbocycles. The summed E-state index contributed by atoms with van der Waals surface area (Å²) in [4.78, 5) is 82.5. The Balaban J connectivity index is 0.000000170. The quantitative estimate of drug-likeness (QED) is 0.0201. The second-order valence-electron chi connectivity index (χ2n) is 30.3. The number of ether oxygens (including phenoxy) is 2. The fourth-order valence-corrected chi connectivity index (χ4v) is 15.9. The monoisotopic (exact) mass is 1680 g/mol. The minimum atomic E-state index is -0.674. The van der Waals surface area contributed by atoms with Crippen LogP contribution in [0.2, 0.25) is 0 Å². The van der Waals surface area contributed by atoms with E-state index in [2.05, 4.69) is 121 Å². The topological polar surface area (TPSA) is 376 Å². The summed E-state index contributed by atoms with van der Waals surface area (Å²) in [7, 11) is 5.11. The molecule has 34 heteroatoms. The summed E-state index contributed by atoms with van der Waals surface area (Å²) in [5.74, 6) is 0.340.